The molecule has 7 unspecified atom stereocenters. The average molecular weight is 583 g/mol. The molecule has 17 nitrogen and oxygen atoms in total. The zero-order valence-electron chi connectivity index (χ0n) is 22.3. The molecule has 2 saturated heterocycles. The van der Waals surface area contributed by atoms with Crippen LogP contribution in [0.3, 0.4) is 0 Å². The van der Waals surface area contributed by atoms with Gasteiger partial charge in [-0.25, -0.2) is 9.59 Å². The molecule has 2 rings (SSSR count). The highest BCUT2D eigenvalue weighted by atomic mass is 16.7. The molecule has 0 aromatic heterocycles. The van der Waals surface area contributed by atoms with Crippen LogP contribution in [0.4, 0.5) is 0 Å². The van der Waals surface area contributed by atoms with Crippen LogP contribution in [0.25, 0.3) is 0 Å². The lowest BCUT2D eigenvalue weighted by Gasteiger charge is -2.52. The number of carboxylic acids is 2. The Morgan fingerprint density at radius 2 is 1.43 bits per heavy atom. The van der Waals surface area contributed by atoms with Gasteiger partial charge in [0.05, 0.1) is 23.9 Å². The van der Waals surface area contributed by atoms with Gasteiger partial charge in [0.25, 0.3) is 5.79 Å². The number of hydrogen-bond donors (Lipinski definition) is 11. The Hall–Kier alpha value is -2.48. The van der Waals surface area contributed by atoms with Crippen LogP contribution in [-0.2, 0) is 28.7 Å². The summed E-state index contributed by atoms with van der Waals surface area (Å²) in [5.41, 5.74) is -5.25. The number of carboxylic acid groups (broad SMARTS) is 2. The van der Waals surface area contributed by atoms with Crippen molar-refractivity contribution in [3.8, 4) is 0 Å². The molecule has 2 fully saturated rings. The Morgan fingerprint density at radius 1 is 0.925 bits per heavy atom. The van der Waals surface area contributed by atoms with Crippen molar-refractivity contribution in [3.63, 3.8) is 0 Å². The van der Waals surface area contributed by atoms with Crippen molar-refractivity contribution in [2.45, 2.75) is 113 Å². The Kier molecular flexibility index (Phi) is 10.3. The number of rotatable bonds is 10. The number of amides is 2. The van der Waals surface area contributed by atoms with E-state index in [1.807, 2.05) is 0 Å². The lowest BCUT2D eigenvalue weighted by atomic mass is 9.67. The summed E-state index contributed by atoms with van der Waals surface area (Å²) >= 11 is 0. The Morgan fingerprint density at radius 3 is 1.85 bits per heavy atom. The second-order valence-corrected chi connectivity index (χ2v) is 10.4. The number of carbonyl (C=O) groups excluding carboxylic acids is 2. The summed E-state index contributed by atoms with van der Waals surface area (Å²) in [5.74, 6) is -10.0. The first-order valence-electron chi connectivity index (χ1n) is 12.5. The number of aliphatic hydroxyl groups is 7. The van der Waals surface area contributed by atoms with E-state index < -0.39 is 115 Å². The van der Waals surface area contributed by atoms with Gasteiger partial charge >= 0.3 is 11.9 Å². The maximum atomic E-state index is 12.5. The van der Waals surface area contributed by atoms with E-state index in [0.29, 0.717) is 0 Å². The third kappa shape index (κ3) is 6.22. The zero-order valence-corrected chi connectivity index (χ0v) is 22.3. The van der Waals surface area contributed by atoms with Crippen molar-refractivity contribution in [2.24, 2.45) is 5.92 Å². The van der Waals surface area contributed by atoms with Gasteiger partial charge in [0.2, 0.25) is 11.8 Å². The molecular formula is C23H38N2O15. The average Bonchev–Trinajstić information content (AvgIpc) is 2.85. The van der Waals surface area contributed by atoms with E-state index in [9.17, 15) is 65.1 Å². The van der Waals surface area contributed by atoms with Crippen molar-refractivity contribution < 1.29 is 74.6 Å². The summed E-state index contributed by atoms with van der Waals surface area (Å²) in [6.45, 7) is 4.48. The molecule has 11 N–H and O–H groups in total. The van der Waals surface area contributed by atoms with Crippen LogP contribution in [0.2, 0.25) is 0 Å². The molecule has 2 aliphatic rings. The topological polar surface area (TPSA) is 293 Å². The van der Waals surface area contributed by atoms with Crippen molar-refractivity contribution in [2.75, 3.05) is 0 Å². The predicted octanol–water partition coefficient (Wildman–Crippen LogP) is -4.66. The highest BCUT2D eigenvalue weighted by Gasteiger charge is 2.63. The molecule has 0 saturated carbocycles. The summed E-state index contributed by atoms with van der Waals surface area (Å²) < 4.78 is 10.5. The first kappa shape index (κ1) is 33.7. The fraction of sp³-hybridized carbons (Fsp3) is 0.826. The highest BCUT2D eigenvalue weighted by molar-refractivity contribution is 5.79. The Bertz CT molecular complexity index is 968. The molecule has 0 spiro atoms. The minimum absolute atomic E-state index is 0.505. The third-order valence-electron chi connectivity index (χ3n) is 7.77. The molecular weight excluding hydrogens is 544 g/mol. The molecule has 17 heteroatoms. The summed E-state index contributed by atoms with van der Waals surface area (Å²) in [5, 5.41) is 99.7. The number of ether oxygens (including phenoxy) is 2. The van der Waals surface area contributed by atoms with Crippen molar-refractivity contribution in [1.29, 1.82) is 0 Å². The van der Waals surface area contributed by atoms with Crippen molar-refractivity contribution in [3.05, 3.63) is 0 Å². The number of aliphatic hydroxyl groups excluding tert-OH is 5. The van der Waals surface area contributed by atoms with E-state index in [1.54, 1.807) is 0 Å². The van der Waals surface area contributed by atoms with Gasteiger partial charge in [-0.2, -0.15) is 0 Å². The van der Waals surface area contributed by atoms with E-state index in [-0.39, 0.29) is 0 Å². The minimum atomic E-state index is -3.07. The monoisotopic (exact) mass is 582 g/mol. The molecule has 230 valence electrons. The van der Waals surface area contributed by atoms with Gasteiger partial charge in [-0.15, -0.1) is 0 Å². The van der Waals surface area contributed by atoms with E-state index in [2.05, 4.69) is 10.6 Å². The second-order valence-electron chi connectivity index (χ2n) is 10.4. The summed E-state index contributed by atoms with van der Waals surface area (Å²) in [4.78, 5) is 47.2. The van der Waals surface area contributed by atoms with E-state index in [1.165, 1.54) is 6.92 Å². The second kappa shape index (κ2) is 12.2. The summed E-state index contributed by atoms with van der Waals surface area (Å²) in [7, 11) is 0. The first-order valence-corrected chi connectivity index (χ1v) is 12.5. The molecule has 0 aliphatic carbocycles. The van der Waals surface area contributed by atoms with Gasteiger partial charge in [0.15, 0.2) is 11.9 Å². The van der Waals surface area contributed by atoms with E-state index in [4.69, 9.17) is 9.47 Å². The quantitative estimate of drug-likeness (QED) is 0.115. The third-order valence-corrected chi connectivity index (χ3v) is 7.77. The lowest BCUT2D eigenvalue weighted by Crippen LogP contribution is -2.72. The van der Waals surface area contributed by atoms with Gasteiger partial charge < -0.3 is 66.1 Å². The number of aliphatic carboxylic acids is 2. The molecule has 0 bridgehead atoms. The fourth-order valence-electron chi connectivity index (χ4n) is 5.43. The van der Waals surface area contributed by atoms with Crippen LogP contribution >= 0.6 is 0 Å². The van der Waals surface area contributed by atoms with Crippen LogP contribution in [0, 0.1) is 5.92 Å². The van der Waals surface area contributed by atoms with Crippen LogP contribution in [0.15, 0.2) is 0 Å². The lowest BCUT2D eigenvalue weighted by molar-refractivity contribution is -0.310. The molecule has 2 heterocycles. The van der Waals surface area contributed by atoms with Crippen molar-refractivity contribution in [1.82, 2.24) is 10.6 Å². The Balaban J connectivity index is 2.50. The van der Waals surface area contributed by atoms with Gasteiger partial charge in [-0.3, -0.25) is 9.59 Å². The normalized spacial score (nSPS) is 38.3. The van der Waals surface area contributed by atoms with E-state index in [0.717, 1.165) is 20.8 Å². The standard InChI is InChI=1S/C23H38N2O15/c1-5-21(37,8(2)22(19(33)34)6-11(28)14(18(32)40-22)25-10(4)27)17(31)15(30)16-13(24-9(3)26)12(29)7-23(38,39-16)20(35)36/h8,11-18,28-32,37-38H,5-7H2,1-4H3,(H,24,26)(H,25,27)(H,33,34)(H,35,36)/t8?,11-,12-,13?,14?,15?,16?,17+,18?,21?,22+,23-/m1/s1. The number of nitrogens with one attached hydrogen (secondary N) is 2. The summed E-state index contributed by atoms with van der Waals surface area (Å²) in [6.07, 6.45) is -14.7. The number of hydrogen-bond acceptors (Lipinski definition) is 13. The maximum absolute atomic E-state index is 12.5. The smallest absolute Gasteiger partial charge is 0.364 e. The van der Waals surface area contributed by atoms with Crippen LogP contribution in [0.5, 0.6) is 0 Å². The fourth-order valence-corrected chi connectivity index (χ4v) is 5.43. The van der Waals surface area contributed by atoms with Gasteiger partial charge in [-0.1, -0.05) is 13.8 Å². The maximum Gasteiger partial charge on any atom is 0.364 e. The van der Waals surface area contributed by atoms with Gasteiger partial charge in [0, 0.05) is 32.6 Å². The van der Waals surface area contributed by atoms with Crippen LogP contribution < -0.4 is 10.6 Å². The van der Waals surface area contributed by atoms with E-state index >= 15 is 0 Å². The van der Waals surface area contributed by atoms with Crippen LogP contribution in [0.1, 0.15) is 47.0 Å². The minimum Gasteiger partial charge on any atom is -0.479 e. The largest absolute Gasteiger partial charge is 0.479 e. The molecule has 40 heavy (non-hydrogen) atoms. The SMILES string of the molecule is CCC(O)(C(C)[C@]1(C(=O)O)C[C@@H](O)C(NC(C)=O)C(O)O1)[C@@H](O)C(O)C1O[C@@](O)(C(=O)O)C[C@@H](O)C1NC(C)=O. The van der Waals surface area contributed by atoms with Crippen LogP contribution in [-0.4, -0.2) is 136 Å². The molecule has 2 aliphatic heterocycles. The predicted molar refractivity (Wildman–Crippen MR) is 128 cm³/mol. The molecule has 0 aromatic rings. The van der Waals surface area contributed by atoms with Gasteiger partial charge in [0.1, 0.15) is 24.4 Å². The zero-order chi connectivity index (χ0) is 31.0. The molecule has 0 aromatic carbocycles. The Labute approximate surface area is 228 Å². The first-order chi connectivity index (χ1) is 18.3. The molecule has 2 amide bonds. The number of carbonyl (C=O) groups is 4. The molecule has 0 radical (unpaired) electrons. The highest BCUT2D eigenvalue weighted by Crippen LogP contribution is 2.44. The van der Waals surface area contributed by atoms with Gasteiger partial charge in [-0.05, 0) is 6.42 Å². The summed E-state index contributed by atoms with van der Waals surface area (Å²) in [6, 6.07) is -3.04. The molecule has 12 atom stereocenters. The van der Waals surface area contributed by atoms with Crippen molar-refractivity contribution >= 4 is 23.8 Å².